The molecule has 1 heterocycles. The van der Waals surface area contributed by atoms with E-state index in [9.17, 15) is 4.79 Å². The minimum Gasteiger partial charge on any atom is -0.373 e. The summed E-state index contributed by atoms with van der Waals surface area (Å²) >= 11 is 0. The average molecular weight is 287 g/mol. The van der Waals surface area contributed by atoms with Crippen molar-refractivity contribution in [1.29, 1.82) is 0 Å². The Balaban J connectivity index is 1.80. The highest BCUT2D eigenvalue weighted by Gasteiger charge is 2.30. The molecular formula is C17H25N3O. The van der Waals surface area contributed by atoms with Crippen molar-refractivity contribution in [2.45, 2.75) is 38.1 Å². The average Bonchev–Trinajstić information content (AvgIpc) is 2.80. The molecule has 0 aromatic heterocycles. The number of benzene rings is 1. The Kier molecular flexibility index (Phi) is 4.15. The number of para-hydroxylation sites is 2. The van der Waals surface area contributed by atoms with E-state index in [2.05, 4.69) is 24.1 Å². The van der Waals surface area contributed by atoms with Crippen LogP contribution in [0.5, 0.6) is 0 Å². The first kappa shape index (κ1) is 14.4. The highest BCUT2D eigenvalue weighted by Crippen LogP contribution is 2.33. The van der Waals surface area contributed by atoms with Crippen LogP contribution in [0.15, 0.2) is 24.3 Å². The van der Waals surface area contributed by atoms with Crippen molar-refractivity contribution < 1.29 is 4.79 Å². The zero-order chi connectivity index (χ0) is 14.8. The SMILES string of the molecule is CN1CCCN(C(=O)C[C@@H]2CCC[C@H]2N)c2ccccc21. The van der Waals surface area contributed by atoms with Crippen LogP contribution >= 0.6 is 0 Å². The molecule has 0 unspecified atom stereocenters. The first-order valence-corrected chi connectivity index (χ1v) is 8.03. The molecule has 0 spiro atoms. The van der Waals surface area contributed by atoms with Gasteiger partial charge in [0.15, 0.2) is 0 Å². The molecule has 2 N–H and O–H groups in total. The van der Waals surface area contributed by atoms with E-state index in [1.165, 1.54) is 6.42 Å². The molecule has 1 aliphatic carbocycles. The molecule has 114 valence electrons. The smallest absolute Gasteiger partial charge is 0.227 e. The number of nitrogens with two attached hydrogens (primary N) is 1. The zero-order valence-corrected chi connectivity index (χ0v) is 12.8. The molecule has 3 rings (SSSR count). The predicted octanol–water partition coefficient (Wildman–Crippen LogP) is 2.38. The molecule has 1 aromatic carbocycles. The number of rotatable bonds is 2. The number of carbonyl (C=O) groups is 1. The van der Waals surface area contributed by atoms with Gasteiger partial charge in [-0.2, -0.15) is 0 Å². The van der Waals surface area contributed by atoms with Gasteiger partial charge in [-0.1, -0.05) is 18.6 Å². The maximum Gasteiger partial charge on any atom is 0.227 e. The lowest BCUT2D eigenvalue weighted by Crippen LogP contribution is -2.35. The second kappa shape index (κ2) is 6.06. The van der Waals surface area contributed by atoms with Crippen LogP contribution in [0.3, 0.4) is 0 Å². The van der Waals surface area contributed by atoms with Crippen LogP contribution in [-0.2, 0) is 4.79 Å². The molecule has 1 fully saturated rings. The van der Waals surface area contributed by atoms with Gasteiger partial charge in [0.25, 0.3) is 0 Å². The first-order chi connectivity index (χ1) is 10.2. The predicted molar refractivity (Wildman–Crippen MR) is 86.6 cm³/mol. The molecule has 0 saturated heterocycles. The molecule has 0 bridgehead atoms. The van der Waals surface area contributed by atoms with Gasteiger partial charge in [-0.25, -0.2) is 0 Å². The van der Waals surface area contributed by atoms with Crippen LogP contribution < -0.4 is 15.5 Å². The van der Waals surface area contributed by atoms with E-state index in [0.717, 1.165) is 43.7 Å². The van der Waals surface area contributed by atoms with E-state index in [1.807, 2.05) is 17.0 Å². The maximum absolute atomic E-state index is 12.8. The normalized spacial score (nSPS) is 25.6. The van der Waals surface area contributed by atoms with Crippen LogP contribution in [-0.4, -0.2) is 32.1 Å². The number of anilines is 2. The van der Waals surface area contributed by atoms with Gasteiger partial charge in [-0.05, 0) is 37.3 Å². The summed E-state index contributed by atoms with van der Waals surface area (Å²) in [6, 6.07) is 8.42. The molecule has 21 heavy (non-hydrogen) atoms. The summed E-state index contributed by atoms with van der Waals surface area (Å²) in [6.07, 6.45) is 4.94. The fourth-order valence-electron chi connectivity index (χ4n) is 3.63. The molecule has 1 saturated carbocycles. The first-order valence-electron chi connectivity index (χ1n) is 8.03. The number of hydrogen-bond donors (Lipinski definition) is 1. The zero-order valence-electron chi connectivity index (χ0n) is 12.8. The van der Waals surface area contributed by atoms with Crippen molar-refractivity contribution in [2.24, 2.45) is 11.7 Å². The van der Waals surface area contributed by atoms with Gasteiger partial charge in [0, 0.05) is 32.6 Å². The van der Waals surface area contributed by atoms with Crippen LogP contribution in [0.25, 0.3) is 0 Å². The molecule has 4 nitrogen and oxygen atoms in total. The van der Waals surface area contributed by atoms with Gasteiger partial charge >= 0.3 is 0 Å². The fourth-order valence-corrected chi connectivity index (χ4v) is 3.63. The van der Waals surface area contributed by atoms with Crippen molar-refractivity contribution in [3.63, 3.8) is 0 Å². The molecular weight excluding hydrogens is 262 g/mol. The summed E-state index contributed by atoms with van der Waals surface area (Å²) in [5.74, 6) is 0.603. The standard InChI is InChI=1S/C17H25N3O/c1-19-10-5-11-20(16-9-3-2-8-15(16)19)17(21)12-13-6-4-7-14(13)18/h2-3,8-9,13-14H,4-7,10-12,18H2,1H3/t13-,14+/m0/s1. The van der Waals surface area contributed by atoms with Crippen LogP contribution in [0.2, 0.25) is 0 Å². The maximum atomic E-state index is 12.8. The highest BCUT2D eigenvalue weighted by molar-refractivity contribution is 5.97. The van der Waals surface area contributed by atoms with Gasteiger partial charge < -0.3 is 15.5 Å². The quantitative estimate of drug-likeness (QED) is 0.908. The third kappa shape index (κ3) is 2.91. The Bertz CT molecular complexity index is 517. The Morgan fingerprint density at radius 3 is 2.67 bits per heavy atom. The summed E-state index contributed by atoms with van der Waals surface area (Å²) in [4.78, 5) is 17.0. The van der Waals surface area contributed by atoms with Crippen molar-refractivity contribution in [3.05, 3.63) is 24.3 Å². The van der Waals surface area contributed by atoms with Gasteiger partial charge in [-0.15, -0.1) is 0 Å². The molecule has 1 aliphatic heterocycles. The van der Waals surface area contributed by atoms with E-state index < -0.39 is 0 Å². The lowest BCUT2D eigenvalue weighted by atomic mass is 9.99. The molecule has 2 atom stereocenters. The third-order valence-corrected chi connectivity index (χ3v) is 4.91. The van der Waals surface area contributed by atoms with Crippen molar-refractivity contribution in [2.75, 3.05) is 29.9 Å². The lowest BCUT2D eigenvalue weighted by molar-refractivity contribution is -0.119. The summed E-state index contributed by atoms with van der Waals surface area (Å²) < 4.78 is 0. The minimum absolute atomic E-state index is 0.207. The summed E-state index contributed by atoms with van der Waals surface area (Å²) in [5, 5.41) is 0. The largest absolute Gasteiger partial charge is 0.373 e. The molecule has 2 aliphatic rings. The minimum atomic E-state index is 0.207. The molecule has 1 amide bonds. The van der Waals surface area contributed by atoms with E-state index in [4.69, 9.17) is 5.73 Å². The van der Waals surface area contributed by atoms with Gasteiger partial charge in [0.1, 0.15) is 0 Å². The van der Waals surface area contributed by atoms with Gasteiger partial charge in [0.05, 0.1) is 11.4 Å². The van der Waals surface area contributed by atoms with Crippen molar-refractivity contribution >= 4 is 17.3 Å². The Hall–Kier alpha value is -1.55. The number of nitrogens with zero attached hydrogens (tertiary/aromatic N) is 2. The van der Waals surface area contributed by atoms with E-state index in [1.54, 1.807) is 0 Å². The molecule has 1 aromatic rings. The second-order valence-electron chi connectivity index (χ2n) is 6.37. The van der Waals surface area contributed by atoms with E-state index >= 15 is 0 Å². The number of hydrogen-bond acceptors (Lipinski definition) is 3. The topological polar surface area (TPSA) is 49.6 Å². The Labute approximate surface area is 126 Å². The monoisotopic (exact) mass is 287 g/mol. The number of amides is 1. The summed E-state index contributed by atoms with van der Waals surface area (Å²) in [7, 11) is 2.10. The number of carbonyl (C=O) groups excluding carboxylic acids is 1. The second-order valence-corrected chi connectivity index (χ2v) is 6.37. The Morgan fingerprint density at radius 2 is 1.95 bits per heavy atom. The summed E-state index contributed by atoms with van der Waals surface area (Å²) in [5.41, 5.74) is 8.33. The Morgan fingerprint density at radius 1 is 1.19 bits per heavy atom. The molecule has 0 radical (unpaired) electrons. The third-order valence-electron chi connectivity index (χ3n) is 4.91. The van der Waals surface area contributed by atoms with Gasteiger partial charge in [0.2, 0.25) is 5.91 Å². The highest BCUT2D eigenvalue weighted by atomic mass is 16.2. The van der Waals surface area contributed by atoms with E-state index in [-0.39, 0.29) is 11.9 Å². The van der Waals surface area contributed by atoms with Crippen molar-refractivity contribution in [3.8, 4) is 0 Å². The fraction of sp³-hybridized carbons (Fsp3) is 0.588. The summed E-state index contributed by atoms with van der Waals surface area (Å²) in [6.45, 7) is 1.80. The lowest BCUT2D eigenvalue weighted by Gasteiger charge is -2.26. The van der Waals surface area contributed by atoms with E-state index in [0.29, 0.717) is 12.3 Å². The van der Waals surface area contributed by atoms with Crippen LogP contribution in [0.4, 0.5) is 11.4 Å². The number of fused-ring (bicyclic) bond motifs is 1. The van der Waals surface area contributed by atoms with Crippen LogP contribution in [0.1, 0.15) is 32.1 Å². The van der Waals surface area contributed by atoms with Gasteiger partial charge in [-0.3, -0.25) is 4.79 Å². The van der Waals surface area contributed by atoms with Crippen LogP contribution in [0, 0.1) is 5.92 Å². The van der Waals surface area contributed by atoms with Crippen molar-refractivity contribution in [1.82, 2.24) is 0 Å². The molecule has 4 heteroatoms.